The lowest BCUT2D eigenvalue weighted by Gasteiger charge is -2.14. The van der Waals surface area contributed by atoms with Crippen molar-refractivity contribution in [1.29, 1.82) is 0 Å². The third-order valence-corrected chi connectivity index (χ3v) is 7.30. The molecule has 1 unspecified atom stereocenters. The van der Waals surface area contributed by atoms with E-state index >= 15 is 0 Å². The first kappa shape index (κ1) is 21.8. The van der Waals surface area contributed by atoms with Crippen molar-refractivity contribution in [2.75, 3.05) is 5.32 Å². The highest BCUT2D eigenvalue weighted by atomic mass is 79.9. The molecule has 0 saturated carbocycles. The van der Waals surface area contributed by atoms with E-state index in [4.69, 9.17) is 0 Å². The summed E-state index contributed by atoms with van der Waals surface area (Å²) in [4.78, 5) is 12.7. The summed E-state index contributed by atoms with van der Waals surface area (Å²) in [6.07, 6.45) is 0. The van der Waals surface area contributed by atoms with Crippen LogP contribution in [0, 0.1) is 33.6 Å². The van der Waals surface area contributed by atoms with Gasteiger partial charge in [-0.1, -0.05) is 19.1 Å². The maximum absolute atomic E-state index is 12.7. The van der Waals surface area contributed by atoms with Crippen LogP contribution in [0.15, 0.2) is 33.2 Å². The number of rotatable bonds is 6. The molecular formula is C21H25Br2N5O. The molecule has 3 aromatic rings. The molecular weight excluding hydrogens is 498 g/mol. The number of aromatic nitrogens is 4. The van der Waals surface area contributed by atoms with Gasteiger partial charge in [0.15, 0.2) is 0 Å². The summed E-state index contributed by atoms with van der Waals surface area (Å²) in [5.74, 6) is -0.241. The molecule has 0 spiro atoms. The van der Waals surface area contributed by atoms with E-state index in [0.717, 1.165) is 43.0 Å². The summed E-state index contributed by atoms with van der Waals surface area (Å²) in [5.41, 5.74) is 5.88. The van der Waals surface area contributed by atoms with Crippen molar-refractivity contribution in [1.82, 2.24) is 19.6 Å². The van der Waals surface area contributed by atoms with Crippen molar-refractivity contribution >= 4 is 43.5 Å². The molecule has 1 aromatic carbocycles. The number of halogens is 2. The predicted octanol–water partition coefficient (Wildman–Crippen LogP) is 5.16. The Morgan fingerprint density at radius 1 is 1.03 bits per heavy atom. The minimum atomic E-state index is -0.212. The van der Waals surface area contributed by atoms with E-state index in [2.05, 4.69) is 47.4 Å². The second-order valence-electron chi connectivity index (χ2n) is 7.40. The van der Waals surface area contributed by atoms with Crippen molar-refractivity contribution in [3.63, 3.8) is 0 Å². The van der Waals surface area contributed by atoms with Crippen LogP contribution in [-0.4, -0.2) is 25.5 Å². The van der Waals surface area contributed by atoms with Crippen LogP contribution in [0.5, 0.6) is 0 Å². The number of nitrogens with one attached hydrogen (secondary N) is 1. The number of hydrogen-bond donors (Lipinski definition) is 1. The Balaban J connectivity index is 1.68. The fraction of sp³-hybridized carbons (Fsp3) is 0.381. The summed E-state index contributed by atoms with van der Waals surface area (Å²) >= 11 is 7.10. The van der Waals surface area contributed by atoms with Gasteiger partial charge in [-0.05, 0) is 77.3 Å². The topological polar surface area (TPSA) is 64.7 Å². The zero-order valence-electron chi connectivity index (χ0n) is 17.3. The predicted molar refractivity (Wildman–Crippen MR) is 122 cm³/mol. The lowest BCUT2D eigenvalue weighted by Crippen LogP contribution is -2.25. The zero-order valence-corrected chi connectivity index (χ0v) is 20.4. The van der Waals surface area contributed by atoms with E-state index in [1.165, 1.54) is 0 Å². The molecule has 0 aliphatic heterocycles. The highest BCUT2D eigenvalue weighted by Crippen LogP contribution is 2.22. The summed E-state index contributed by atoms with van der Waals surface area (Å²) in [7, 11) is 0. The van der Waals surface area contributed by atoms with Gasteiger partial charge in [-0.15, -0.1) is 0 Å². The van der Waals surface area contributed by atoms with Gasteiger partial charge in [-0.2, -0.15) is 10.2 Å². The van der Waals surface area contributed by atoms with Crippen LogP contribution in [-0.2, 0) is 17.9 Å². The molecule has 6 nitrogen and oxygen atoms in total. The van der Waals surface area contributed by atoms with Gasteiger partial charge in [0.25, 0.3) is 0 Å². The van der Waals surface area contributed by atoms with Crippen molar-refractivity contribution in [2.24, 2.45) is 5.92 Å². The zero-order chi connectivity index (χ0) is 21.3. The van der Waals surface area contributed by atoms with Crippen molar-refractivity contribution in [3.05, 3.63) is 61.6 Å². The number of carbonyl (C=O) groups excluding carboxylic acids is 1. The van der Waals surface area contributed by atoms with Gasteiger partial charge in [-0.3, -0.25) is 14.2 Å². The quantitative estimate of drug-likeness (QED) is 0.486. The number of anilines is 1. The van der Waals surface area contributed by atoms with Gasteiger partial charge in [-0.25, -0.2) is 0 Å². The molecule has 0 radical (unpaired) electrons. The molecule has 0 bridgehead atoms. The van der Waals surface area contributed by atoms with E-state index in [1.54, 1.807) is 0 Å². The molecule has 154 valence electrons. The van der Waals surface area contributed by atoms with Gasteiger partial charge >= 0.3 is 0 Å². The maximum atomic E-state index is 12.7. The molecule has 29 heavy (non-hydrogen) atoms. The van der Waals surface area contributed by atoms with Crippen LogP contribution in [0.3, 0.4) is 0 Å². The summed E-state index contributed by atoms with van der Waals surface area (Å²) in [6, 6.07) is 7.89. The number of nitrogens with zero attached hydrogens (tertiary/aromatic N) is 4. The third-order valence-electron chi connectivity index (χ3n) is 5.01. The minimum absolute atomic E-state index is 0.0281. The fourth-order valence-electron chi connectivity index (χ4n) is 3.21. The van der Waals surface area contributed by atoms with Crippen LogP contribution in [0.25, 0.3) is 0 Å². The van der Waals surface area contributed by atoms with Gasteiger partial charge in [0.05, 0.1) is 45.0 Å². The van der Waals surface area contributed by atoms with Gasteiger partial charge in [0.1, 0.15) is 0 Å². The van der Waals surface area contributed by atoms with Crippen molar-refractivity contribution in [2.45, 2.75) is 47.7 Å². The molecule has 1 atom stereocenters. The van der Waals surface area contributed by atoms with E-state index in [0.29, 0.717) is 13.1 Å². The third kappa shape index (κ3) is 4.80. The van der Waals surface area contributed by atoms with Crippen molar-refractivity contribution < 1.29 is 4.79 Å². The van der Waals surface area contributed by atoms with Crippen LogP contribution < -0.4 is 5.32 Å². The fourth-order valence-corrected chi connectivity index (χ4v) is 3.78. The molecule has 0 aliphatic rings. The van der Waals surface area contributed by atoms with Gasteiger partial charge in [0.2, 0.25) is 5.91 Å². The standard InChI is InChI=1S/C21H25Br2N5O/c1-12(10-27-15(4)19(22)13(2)25-27)21(29)24-18-8-6-7-17(9-18)11-28-16(5)20(23)14(3)26-28/h6-9,12H,10-11H2,1-5H3,(H,24,29). The van der Waals surface area contributed by atoms with E-state index in [1.807, 2.05) is 68.2 Å². The van der Waals surface area contributed by atoms with Gasteiger partial charge < -0.3 is 5.32 Å². The Bertz CT molecular complexity index is 1050. The van der Waals surface area contributed by atoms with Gasteiger partial charge in [0, 0.05) is 11.4 Å². The summed E-state index contributed by atoms with van der Waals surface area (Å²) in [6.45, 7) is 11.1. The van der Waals surface area contributed by atoms with E-state index < -0.39 is 0 Å². The Morgan fingerprint density at radius 2 is 1.62 bits per heavy atom. The van der Waals surface area contributed by atoms with E-state index in [9.17, 15) is 4.79 Å². The SMILES string of the molecule is Cc1nn(Cc2cccc(NC(=O)C(C)Cn3nc(C)c(Br)c3C)c2)c(C)c1Br. The summed E-state index contributed by atoms with van der Waals surface area (Å²) < 4.78 is 5.87. The normalized spacial score (nSPS) is 12.2. The maximum Gasteiger partial charge on any atom is 0.229 e. The first-order chi connectivity index (χ1) is 13.7. The molecule has 3 rings (SSSR count). The van der Waals surface area contributed by atoms with Crippen molar-refractivity contribution in [3.8, 4) is 0 Å². The number of hydrogen-bond acceptors (Lipinski definition) is 3. The molecule has 0 fully saturated rings. The number of carbonyl (C=O) groups is 1. The second-order valence-corrected chi connectivity index (χ2v) is 8.99. The molecule has 0 aliphatic carbocycles. The van der Waals surface area contributed by atoms with Crippen LogP contribution >= 0.6 is 31.9 Å². The average Bonchev–Trinajstić information content (AvgIpc) is 3.06. The Hall–Kier alpha value is -1.93. The Kier molecular flexibility index (Phi) is 6.63. The molecule has 1 amide bonds. The molecule has 2 heterocycles. The first-order valence-corrected chi connectivity index (χ1v) is 11.0. The number of benzene rings is 1. The highest BCUT2D eigenvalue weighted by Gasteiger charge is 2.17. The van der Waals surface area contributed by atoms with E-state index in [-0.39, 0.29) is 11.8 Å². The highest BCUT2D eigenvalue weighted by molar-refractivity contribution is 9.10. The molecule has 2 aromatic heterocycles. The monoisotopic (exact) mass is 521 g/mol. The summed E-state index contributed by atoms with van der Waals surface area (Å²) in [5, 5.41) is 12.1. The molecule has 0 saturated heterocycles. The van der Waals surface area contributed by atoms with Crippen LogP contribution in [0.2, 0.25) is 0 Å². The lowest BCUT2D eigenvalue weighted by atomic mass is 10.1. The molecule has 8 heteroatoms. The lowest BCUT2D eigenvalue weighted by molar-refractivity contribution is -0.119. The Labute approximate surface area is 187 Å². The van der Waals surface area contributed by atoms with Crippen LogP contribution in [0.1, 0.15) is 35.3 Å². The van der Waals surface area contributed by atoms with Crippen LogP contribution in [0.4, 0.5) is 5.69 Å². The average molecular weight is 523 g/mol. The minimum Gasteiger partial charge on any atom is -0.326 e. The Morgan fingerprint density at radius 3 is 2.17 bits per heavy atom. The number of amides is 1. The second kappa shape index (κ2) is 8.83. The smallest absolute Gasteiger partial charge is 0.229 e. The first-order valence-electron chi connectivity index (χ1n) is 9.46. The largest absolute Gasteiger partial charge is 0.326 e. The number of aryl methyl sites for hydroxylation is 2. The molecule has 1 N–H and O–H groups in total.